The van der Waals surface area contributed by atoms with Crippen molar-refractivity contribution >= 4 is 5.82 Å². The largest absolute Gasteiger partial charge is 0.491 e. The molecule has 1 aliphatic rings. The first-order valence-corrected chi connectivity index (χ1v) is 7.40. The van der Waals surface area contributed by atoms with E-state index in [4.69, 9.17) is 15.6 Å². The zero-order valence-corrected chi connectivity index (χ0v) is 12.0. The molecule has 0 radical (unpaired) electrons. The van der Waals surface area contributed by atoms with E-state index < -0.39 is 0 Å². The molecule has 0 amide bonds. The van der Waals surface area contributed by atoms with Crippen LogP contribution in [0.2, 0.25) is 0 Å². The van der Waals surface area contributed by atoms with Gasteiger partial charge in [-0.1, -0.05) is 6.07 Å². The SMILES string of the molecule is Nc1cc(-c2c(OCCO)ccc3c2CCCC3)ccn1. The number of ether oxygens (including phenoxy) is 1. The van der Waals surface area contributed by atoms with E-state index in [9.17, 15) is 0 Å². The van der Waals surface area contributed by atoms with E-state index >= 15 is 0 Å². The molecule has 1 aromatic carbocycles. The summed E-state index contributed by atoms with van der Waals surface area (Å²) in [6, 6.07) is 8.00. The zero-order chi connectivity index (χ0) is 14.7. The van der Waals surface area contributed by atoms with E-state index in [1.54, 1.807) is 6.20 Å². The molecule has 0 saturated heterocycles. The molecule has 0 saturated carbocycles. The Morgan fingerprint density at radius 3 is 2.86 bits per heavy atom. The summed E-state index contributed by atoms with van der Waals surface area (Å²) < 4.78 is 5.74. The predicted octanol–water partition coefficient (Wildman–Crippen LogP) is 2.58. The van der Waals surface area contributed by atoms with E-state index in [0.717, 1.165) is 29.7 Å². The van der Waals surface area contributed by atoms with Crippen molar-refractivity contribution < 1.29 is 9.84 Å². The summed E-state index contributed by atoms with van der Waals surface area (Å²) in [5, 5.41) is 9.02. The lowest BCUT2D eigenvalue weighted by atomic mass is 9.85. The number of rotatable bonds is 4. The fourth-order valence-corrected chi connectivity index (χ4v) is 3.00. The average molecular weight is 284 g/mol. The molecule has 1 aromatic heterocycles. The van der Waals surface area contributed by atoms with Crippen LogP contribution in [0.3, 0.4) is 0 Å². The number of nitrogens with zero attached hydrogens (tertiary/aromatic N) is 1. The Bertz CT molecular complexity index is 641. The number of hydrogen-bond donors (Lipinski definition) is 2. The van der Waals surface area contributed by atoms with E-state index in [2.05, 4.69) is 11.1 Å². The second-order valence-corrected chi connectivity index (χ2v) is 5.32. The highest BCUT2D eigenvalue weighted by Gasteiger charge is 2.19. The number of aliphatic hydroxyl groups is 1. The molecule has 4 nitrogen and oxygen atoms in total. The van der Waals surface area contributed by atoms with E-state index in [1.165, 1.54) is 24.0 Å². The summed E-state index contributed by atoms with van der Waals surface area (Å²) in [4.78, 5) is 4.07. The minimum atomic E-state index is 0.00894. The highest BCUT2D eigenvalue weighted by molar-refractivity contribution is 5.77. The normalized spacial score (nSPS) is 13.8. The first kappa shape index (κ1) is 13.9. The summed E-state index contributed by atoms with van der Waals surface area (Å²) >= 11 is 0. The lowest BCUT2D eigenvalue weighted by Crippen LogP contribution is -2.09. The van der Waals surface area contributed by atoms with Crippen LogP contribution in [0.15, 0.2) is 30.5 Å². The minimum Gasteiger partial charge on any atom is -0.491 e. The Balaban J connectivity index is 2.13. The van der Waals surface area contributed by atoms with Crippen molar-refractivity contribution in [3.05, 3.63) is 41.6 Å². The van der Waals surface area contributed by atoms with Crippen LogP contribution in [0.25, 0.3) is 11.1 Å². The summed E-state index contributed by atoms with van der Waals surface area (Å²) in [6.45, 7) is 0.307. The third-order valence-corrected chi connectivity index (χ3v) is 3.91. The summed E-state index contributed by atoms with van der Waals surface area (Å²) in [5.41, 5.74) is 10.7. The van der Waals surface area contributed by atoms with Crippen LogP contribution in [0.5, 0.6) is 5.75 Å². The van der Waals surface area contributed by atoms with Gasteiger partial charge in [-0.15, -0.1) is 0 Å². The van der Waals surface area contributed by atoms with Gasteiger partial charge in [0.15, 0.2) is 0 Å². The smallest absolute Gasteiger partial charge is 0.127 e. The molecule has 0 unspecified atom stereocenters. The number of hydrogen-bond acceptors (Lipinski definition) is 4. The highest BCUT2D eigenvalue weighted by atomic mass is 16.5. The maximum absolute atomic E-state index is 9.02. The molecule has 0 spiro atoms. The number of fused-ring (bicyclic) bond motifs is 1. The third kappa shape index (κ3) is 2.85. The Labute approximate surface area is 124 Å². The molecule has 110 valence electrons. The Morgan fingerprint density at radius 2 is 2.05 bits per heavy atom. The van der Waals surface area contributed by atoms with E-state index in [1.807, 2.05) is 18.2 Å². The fraction of sp³-hybridized carbons (Fsp3) is 0.353. The number of benzene rings is 1. The molecule has 0 atom stereocenters. The number of aryl methyl sites for hydroxylation is 1. The Hall–Kier alpha value is -2.07. The van der Waals surface area contributed by atoms with Crippen LogP contribution >= 0.6 is 0 Å². The van der Waals surface area contributed by atoms with Crippen LogP contribution in [0.1, 0.15) is 24.0 Å². The van der Waals surface area contributed by atoms with Gasteiger partial charge in [0.2, 0.25) is 0 Å². The minimum absolute atomic E-state index is 0.00894. The van der Waals surface area contributed by atoms with E-state index in [-0.39, 0.29) is 6.61 Å². The molecule has 1 aliphatic carbocycles. The Morgan fingerprint density at radius 1 is 1.19 bits per heavy atom. The first-order chi connectivity index (χ1) is 10.3. The van der Waals surface area contributed by atoms with Gasteiger partial charge in [-0.05, 0) is 60.6 Å². The zero-order valence-electron chi connectivity index (χ0n) is 12.0. The number of nitrogens with two attached hydrogens (primary N) is 1. The van der Waals surface area contributed by atoms with Gasteiger partial charge in [-0.2, -0.15) is 0 Å². The Kier molecular flexibility index (Phi) is 4.06. The van der Waals surface area contributed by atoms with Crippen molar-refractivity contribution in [3.8, 4) is 16.9 Å². The first-order valence-electron chi connectivity index (χ1n) is 7.40. The van der Waals surface area contributed by atoms with Gasteiger partial charge in [0.25, 0.3) is 0 Å². The van der Waals surface area contributed by atoms with Crippen molar-refractivity contribution in [3.63, 3.8) is 0 Å². The van der Waals surface area contributed by atoms with Gasteiger partial charge in [-0.3, -0.25) is 0 Å². The molecule has 2 aromatic rings. The maximum atomic E-state index is 9.02. The van der Waals surface area contributed by atoms with Gasteiger partial charge in [0.05, 0.1) is 6.61 Å². The van der Waals surface area contributed by atoms with Crippen molar-refractivity contribution in [1.82, 2.24) is 4.98 Å². The van der Waals surface area contributed by atoms with Crippen LogP contribution in [0.4, 0.5) is 5.82 Å². The standard InChI is InChI=1S/C17H20N2O2/c18-16-11-13(7-8-19-16)17-14-4-2-1-3-12(14)5-6-15(17)21-10-9-20/h5-8,11,20H,1-4,9-10H2,(H2,18,19). The van der Waals surface area contributed by atoms with Crippen molar-refractivity contribution in [1.29, 1.82) is 0 Å². The predicted molar refractivity (Wildman–Crippen MR) is 83.3 cm³/mol. The molecule has 3 N–H and O–H groups in total. The van der Waals surface area contributed by atoms with E-state index in [0.29, 0.717) is 12.4 Å². The second kappa shape index (κ2) is 6.14. The van der Waals surface area contributed by atoms with Gasteiger partial charge in [-0.25, -0.2) is 4.98 Å². The molecule has 0 bridgehead atoms. The molecular formula is C17H20N2O2. The maximum Gasteiger partial charge on any atom is 0.127 e. The number of aromatic nitrogens is 1. The quantitative estimate of drug-likeness (QED) is 0.905. The molecule has 0 aliphatic heterocycles. The molecular weight excluding hydrogens is 264 g/mol. The number of pyridine rings is 1. The fourth-order valence-electron chi connectivity index (χ4n) is 3.00. The van der Waals surface area contributed by atoms with Crippen LogP contribution in [0, 0.1) is 0 Å². The summed E-state index contributed by atoms with van der Waals surface area (Å²) in [6.07, 6.45) is 6.33. The van der Waals surface area contributed by atoms with Gasteiger partial charge in [0.1, 0.15) is 18.2 Å². The molecule has 4 heteroatoms. The summed E-state index contributed by atoms with van der Waals surface area (Å²) in [5.74, 6) is 1.32. The van der Waals surface area contributed by atoms with Gasteiger partial charge >= 0.3 is 0 Å². The lowest BCUT2D eigenvalue weighted by Gasteiger charge is -2.22. The van der Waals surface area contributed by atoms with Crippen LogP contribution < -0.4 is 10.5 Å². The monoisotopic (exact) mass is 284 g/mol. The second-order valence-electron chi connectivity index (χ2n) is 5.32. The highest BCUT2D eigenvalue weighted by Crippen LogP contribution is 2.39. The topological polar surface area (TPSA) is 68.4 Å². The number of anilines is 1. The van der Waals surface area contributed by atoms with Crippen LogP contribution in [-0.2, 0) is 12.8 Å². The van der Waals surface area contributed by atoms with Gasteiger partial charge in [0, 0.05) is 11.8 Å². The summed E-state index contributed by atoms with van der Waals surface area (Å²) in [7, 11) is 0. The molecule has 0 fully saturated rings. The van der Waals surface area contributed by atoms with Crippen LogP contribution in [-0.4, -0.2) is 23.3 Å². The third-order valence-electron chi connectivity index (χ3n) is 3.91. The number of nitrogen functional groups attached to an aromatic ring is 1. The molecule has 3 rings (SSSR count). The van der Waals surface area contributed by atoms with Gasteiger partial charge < -0.3 is 15.6 Å². The molecule has 1 heterocycles. The number of aliphatic hydroxyl groups excluding tert-OH is 1. The molecule has 21 heavy (non-hydrogen) atoms. The van der Waals surface area contributed by atoms with Crippen molar-refractivity contribution in [2.24, 2.45) is 0 Å². The lowest BCUT2D eigenvalue weighted by molar-refractivity contribution is 0.202. The van der Waals surface area contributed by atoms with Crippen molar-refractivity contribution in [2.45, 2.75) is 25.7 Å². The van der Waals surface area contributed by atoms with Crippen molar-refractivity contribution in [2.75, 3.05) is 18.9 Å². The average Bonchev–Trinajstić information content (AvgIpc) is 2.52.